The normalized spacial score (nSPS) is 18.2. The number of aromatic nitrogens is 2. The lowest BCUT2D eigenvalue weighted by molar-refractivity contribution is -0.0425. The molecule has 1 fully saturated rings. The first-order chi connectivity index (χ1) is 10.6. The summed E-state index contributed by atoms with van der Waals surface area (Å²) in [4.78, 5) is 12.2. The first-order valence-corrected chi connectivity index (χ1v) is 7.73. The van der Waals surface area contributed by atoms with E-state index in [1.165, 1.54) is 16.9 Å². The molecule has 1 unspecified atom stereocenters. The van der Waals surface area contributed by atoms with E-state index in [1.54, 1.807) is 18.2 Å². The molecule has 2 heterocycles. The molecule has 0 radical (unpaired) electrons. The van der Waals surface area contributed by atoms with E-state index in [0.717, 1.165) is 19.3 Å². The van der Waals surface area contributed by atoms with Gasteiger partial charge in [0.2, 0.25) is 0 Å². The average Bonchev–Trinajstić information content (AvgIpc) is 2.53. The second kappa shape index (κ2) is 6.69. The van der Waals surface area contributed by atoms with Crippen molar-refractivity contribution in [3.8, 4) is 11.5 Å². The van der Waals surface area contributed by atoms with Crippen LogP contribution in [0.2, 0.25) is 10.0 Å². The van der Waals surface area contributed by atoms with Crippen molar-refractivity contribution >= 4 is 23.2 Å². The fraction of sp³-hybridized carbons (Fsp3) is 0.333. The molecule has 2 aromatic rings. The summed E-state index contributed by atoms with van der Waals surface area (Å²) in [5, 5.41) is 4.81. The van der Waals surface area contributed by atoms with Gasteiger partial charge in [0.05, 0.1) is 11.2 Å². The van der Waals surface area contributed by atoms with Crippen molar-refractivity contribution in [1.82, 2.24) is 9.78 Å². The van der Waals surface area contributed by atoms with Crippen molar-refractivity contribution < 1.29 is 9.47 Å². The maximum Gasteiger partial charge on any atom is 0.272 e. The quantitative estimate of drug-likeness (QED) is 0.845. The zero-order valence-corrected chi connectivity index (χ0v) is 13.2. The molecule has 7 heteroatoms. The summed E-state index contributed by atoms with van der Waals surface area (Å²) >= 11 is 12.0. The Morgan fingerprint density at radius 2 is 2.18 bits per heavy atom. The van der Waals surface area contributed by atoms with Gasteiger partial charge in [-0.15, -0.1) is 0 Å². The number of halogens is 2. The molecule has 1 saturated heterocycles. The molecule has 22 heavy (non-hydrogen) atoms. The smallest absolute Gasteiger partial charge is 0.272 e. The standard InChI is InChI=1S/C15H14Cl2N2O3/c16-11-4-3-5-12(15(11)17)22-10-8-13(20)19(18-9-10)14-6-1-2-7-21-14/h3-5,8-9,14H,1-2,6-7H2. The van der Waals surface area contributed by atoms with Gasteiger partial charge in [-0.1, -0.05) is 29.3 Å². The SMILES string of the molecule is O=c1cc(Oc2cccc(Cl)c2Cl)cnn1C1CCCCO1. The van der Waals surface area contributed by atoms with Gasteiger partial charge in [0.1, 0.15) is 10.8 Å². The Morgan fingerprint density at radius 1 is 1.32 bits per heavy atom. The summed E-state index contributed by atoms with van der Waals surface area (Å²) in [6.45, 7) is 0.648. The van der Waals surface area contributed by atoms with Crippen molar-refractivity contribution in [2.24, 2.45) is 0 Å². The topological polar surface area (TPSA) is 53.3 Å². The highest BCUT2D eigenvalue weighted by atomic mass is 35.5. The third-order valence-electron chi connectivity index (χ3n) is 3.37. The van der Waals surface area contributed by atoms with Crippen LogP contribution in [0.5, 0.6) is 11.5 Å². The molecule has 0 aliphatic carbocycles. The van der Waals surface area contributed by atoms with Crippen LogP contribution in [-0.4, -0.2) is 16.4 Å². The van der Waals surface area contributed by atoms with Crippen molar-refractivity contribution in [1.29, 1.82) is 0 Å². The number of benzene rings is 1. The lowest BCUT2D eigenvalue weighted by Gasteiger charge is -2.23. The molecule has 5 nitrogen and oxygen atoms in total. The van der Waals surface area contributed by atoms with Gasteiger partial charge in [0, 0.05) is 12.7 Å². The van der Waals surface area contributed by atoms with Gasteiger partial charge in [0.25, 0.3) is 5.56 Å². The van der Waals surface area contributed by atoms with Crippen molar-refractivity contribution in [3.63, 3.8) is 0 Å². The van der Waals surface area contributed by atoms with Crippen LogP contribution >= 0.6 is 23.2 Å². The molecule has 116 valence electrons. The molecule has 3 rings (SSSR count). The minimum absolute atomic E-state index is 0.275. The number of hydrogen-bond acceptors (Lipinski definition) is 4. The van der Waals surface area contributed by atoms with Gasteiger partial charge < -0.3 is 9.47 Å². The zero-order valence-electron chi connectivity index (χ0n) is 11.7. The minimum atomic E-state index is -0.301. The molecular weight excluding hydrogens is 327 g/mol. The first kappa shape index (κ1) is 15.3. The fourth-order valence-electron chi connectivity index (χ4n) is 2.28. The highest BCUT2D eigenvalue weighted by Gasteiger charge is 2.18. The van der Waals surface area contributed by atoms with E-state index < -0.39 is 0 Å². The van der Waals surface area contributed by atoms with Crippen LogP contribution in [0.15, 0.2) is 35.3 Å². The number of hydrogen-bond donors (Lipinski definition) is 0. The second-order valence-electron chi connectivity index (χ2n) is 4.95. The highest BCUT2D eigenvalue weighted by Crippen LogP contribution is 2.34. The predicted molar refractivity (Wildman–Crippen MR) is 83.9 cm³/mol. The van der Waals surface area contributed by atoms with E-state index in [2.05, 4.69) is 5.10 Å². The van der Waals surface area contributed by atoms with Gasteiger partial charge in [-0.25, -0.2) is 4.68 Å². The van der Waals surface area contributed by atoms with Crippen LogP contribution < -0.4 is 10.3 Å². The second-order valence-corrected chi connectivity index (χ2v) is 5.73. The maximum atomic E-state index is 12.2. The average molecular weight is 341 g/mol. The van der Waals surface area contributed by atoms with E-state index in [-0.39, 0.29) is 11.8 Å². The summed E-state index contributed by atoms with van der Waals surface area (Å²) in [6.07, 6.45) is 3.99. The first-order valence-electron chi connectivity index (χ1n) is 6.97. The summed E-state index contributed by atoms with van der Waals surface area (Å²) in [6, 6.07) is 6.41. The molecule has 1 aliphatic rings. The van der Waals surface area contributed by atoms with E-state index in [9.17, 15) is 4.79 Å². The Balaban J connectivity index is 1.82. The Hall–Kier alpha value is -1.56. The summed E-state index contributed by atoms with van der Waals surface area (Å²) in [7, 11) is 0. The molecule has 0 spiro atoms. The molecule has 0 N–H and O–H groups in total. The van der Waals surface area contributed by atoms with Crippen LogP contribution in [-0.2, 0) is 4.74 Å². The molecule has 1 aromatic heterocycles. The van der Waals surface area contributed by atoms with Crippen molar-refractivity contribution in [3.05, 3.63) is 50.9 Å². The van der Waals surface area contributed by atoms with Crippen LogP contribution in [0.3, 0.4) is 0 Å². The predicted octanol–water partition coefficient (Wildman–Crippen LogP) is 4.04. The molecule has 0 saturated carbocycles. The van der Waals surface area contributed by atoms with Gasteiger partial charge in [0.15, 0.2) is 12.0 Å². The number of rotatable bonds is 3. The van der Waals surface area contributed by atoms with Gasteiger partial charge in [-0.2, -0.15) is 5.10 Å². The zero-order chi connectivity index (χ0) is 15.5. The van der Waals surface area contributed by atoms with Crippen LogP contribution in [0, 0.1) is 0 Å². The lowest BCUT2D eigenvalue weighted by atomic mass is 10.2. The molecule has 1 aliphatic heterocycles. The Labute approximate surface area is 137 Å². The van der Waals surface area contributed by atoms with Gasteiger partial charge in [-0.05, 0) is 31.4 Å². The van der Waals surface area contributed by atoms with Gasteiger partial charge >= 0.3 is 0 Å². The highest BCUT2D eigenvalue weighted by molar-refractivity contribution is 6.42. The van der Waals surface area contributed by atoms with E-state index >= 15 is 0 Å². The van der Waals surface area contributed by atoms with E-state index in [0.29, 0.717) is 28.2 Å². The van der Waals surface area contributed by atoms with Crippen LogP contribution in [0.1, 0.15) is 25.5 Å². The van der Waals surface area contributed by atoms with E-state index in [1.807, 2.05) is 0 Å². The Morgan fingerprint density at radius 3 is 2.91 bits per heavy atom. The molecule has 0 bridgehead atoms. The fourth-order valence-corrected chi connectivity index (χ4v) is 2.61. The van der Waals surface area contributed by atoms with Crippen LogP contribution in [0.4, 0.5) is 0 Å². The number of ether oxygens (including phenoxy) is 2. The molecular formula is C15H14Cl2N2O3. The monoisotopic (exact) mass is 340 g/mol. The minimum Gasteiger partial charge on any atom is -0.454 e. The lowest BCUT2D eigenvalue weighted by Crippen LogP contribution is -2.30. The molecule has 0 amide bonds. The summed E-state index contributed by atoms with van der Waals surface area (Å²) < 4.78 is 12.5. The summed E-state index contributed by atoms with van der Waals surface area (Å²) in [5.74, 6) is 0.684. The summed E-state index contributed by atoms with van der Waals surface area (Å²) in [5.41, 5.74) is -0.275. The molecule has 1 atom stereocenters. The third kappa shape index (κ3) is 3.27. The van der Waals surface area contributed by atoms with Gasteiger partial charge in [-0.3, -0.25) is 4.79 Å². The Kier molecular flexibility index (Phi) is 4.66. The largest absolute Gasteiger partial charge is 0.454 e. The van der Waals surface area contributed by atoms with Crippen LogP contribution in [0.25, 0.3) is 0 Å². The van der Waals surface area contributed by atoms with E-state index in [4.69, 9.17) is 32.7 Å². The molecule has 1 aromatic carbocycles. The maximum absolute atomic E-state index is 12.2. The van der Waals surface area contributed by atoms with Crippen molar-refractivity contribution in [2.75, 3.05) is 6.61 Å². The third-order valence-corrected chi connectivity index (χ3v) is 4.17. The van der Waals surface area contributed by atoms with Crippen molar-refractivity contribution in [2.45, 2.75) is 25.5 Å². The number of nitrogens with zero attached hydrogens (tertiary/aromatic N) is 2. The Bertz CT molecular complexity index is 727.